The van der Waals surface area contributed by atoms with Crippen molar-refractivity contribution >= 4 is 15.7 Å². The molecule has 14 heteroatoms. The van der Waals surface area contributed by atoms with Gasteiger partial charge in [-0.3, -0.25) is 4.72 Å². The van der Waals surface area contributed by atoms with E-state index in [0.717, 1.165) is 24.3 Å². The molecule has 3 rings (SSSR count). The Bertz CT molecular complexity index is 1200. The highest BCUT2D eigenvalue weighted by molar-refractivity contribution is 7.92. The van der Waals surface area contributed by atoms with E-state index in [9.17, 15) is 43.5 Å². The first-order chi connectivity index (χ1) is 14.2. The zero-order valence-electron chi connectivity index (χ0n) is 14.8. The molecule has 5 nitrogen and oxygen atoms in total. The number of hydrogen-bond donors (Lipinski definition) is 1. The number of nitrogens with one attached hydrogen (secondary N) is 1. The van der Waals surface area contributed by atoms with E-state index < -0.39 is 56.0 Å². The van der Waals surface area contributed by atoms with Crippen LogP contribution in [0.4, 0.5) is 40.8 Å². The molecule has 0 unspecified atom stereocenters. The van der Waals surface area contributed by atoms with Gasteiger partial charge in [0.15, 0.2) is 5.69 Å². The van der Waals surface area contributed by atoms with Crippen LogP contribution in [0.2, 0.25) is 0 Å². The molecule has 0 aliphatic rings. The summed E-state index contributed by atoms with van der Waals surface area (Å²) in [6.45, 7) is 0. The van der Waals surface area contributed by atoms with Gasteiger partial charge < -0.3 is 0 Å². The first kappa shape index (κ1) is 22.5. The Labute approximate surface area is 169 Å². The van der Waals surface area contributed by atoms with Gasteiger partial charge in [-0.15, -0.1) is 0 Å². The Kier molecular flexibility index (Phi) is 5.46. The minimum atomic E-state index is -5.15. The van der Waals surface area contributed by atoms with Crippen LogP contribution in [-0.4, -0.2) is 18.2 Å². The van der Waals surface area contributed by atoms with Gasteiger partial charge in [0.1, 0.15) is 17.3 Å². The molecular formula is C17H9F8N3O2S. The van der Waals surface area contributed by atoms with Crippen LogP contribution >= 0.6 is 0 Å². The summed E-state index contributed by atoms with van der Waals surface area (Å²) < 4.78 is 131. The Balaban J connectivity index is 1.94. The average Bonchev–Trinajstić information content (AvgIpc) is 3.07. The third-order valence-corrected chi connectivity index (χ3v) is 5.16. The van der Waals surface area contributed by atoms with Gasteiger partial charge in [-0.25, -0.2) is 21.9 Å². The third kappa shape index (κ3) is 4.95. The van der Waals surface area contributed by atoms with E-state index in [1.54, 1.807) is 0 Å². The van der Waals surface area contributed by atoms with Crippen molar-refractivity contribution in [3.8, 4) is 5.69 Å². The largest absolute Gasteiger partial charge is 0.435 e. The number of nitrogens with zero attached hydrogens (tertiary/aromatic N) is 2. The van der Waals surface area contributed by atoms with Gasteiger partial charge in [0, 0.05) is 17.8 Å². The molecule has 0 fully saturated rings. The van der Waals surface area contributed by atoms with Gasteiger partial charge >= 0.3 is 12.4 Å². The van der Waals surface area contributed by atoms with Gasteiger partial charge in [0.05, 0.1) is 10.6 Å². The quantitative estimate of drug-likeness (QED) is 0.546. The van der Waals surface area contributed by atoms with Gasteiger partial charge in [-0.05, 0) is 36.4 Å². The normalized spacial score (nSPS) is 12.8. The molecular weight excluding hydrogens is 462 g/mol. The minimum absolute atomic E-state index is 0.0169. The van der Waals surface area contributed by atoms with E-state index in [2.05, 4.69) is 5.10 Å². The van der Waals surface area contributed by atoms with Crippen LogP contribution in [0.25, 0.3) is 5.69 Å². The van der Waals surface area contributed by atoms with Crippen LogP contribution in [0.15, 0.2) is 53.4 Å². The van der Waals surface area contributed by atoms with Crippen molar-refractivity contribution in [2.75, 3.05) is 4.72 Å². The summed E-state index contributed by atoms with van der Waals surface area (Å²) in [6, 6.07) is 5.02. The lowest BCUT2D eigenvalue weighted by Gasteiger charge is -2.12. The number of rotatable bonds is 4. The fourth-order valence-corrected chi connectivity index (χ4v) is 3.59. The topological polar surface area (TPSA) is 64.0 Å². The molecule has 0 saturated heterocycles. The molecule has 0 aliphatic heterocycles. The van der Waals surface area contributed by atoms with E-state index in [0.29, 0.717) is 18.2 Å². The molecule has 31 heavy (non-hydrogen) atoms. The number of anilines is 1. The van der Waals surface area contributed by atoms with Crippen molar-refractivity contribution in [2.45, 2.75) is 17.2 Å². The number of aromatic nitrogens is 2. The van der Waals surface area contributed by atoms with E-state index >= 15 is 0 Å². The molecule has 1 N–H and O–H groups in total. The summed E-state index contributed by atoms with van der Waals surface area (Å²) in [7, 11) is -4.46. The van der Waals surface area contributed by atoms with Crippen molar-refractivity contribution < 1.29 is 43.5 Å². The van der Waals surface area contributed by atoms with E-state index in [4.69, 9.17) is 0 Å². The zero-order chi connectivity index (χ0) is 23.2. The van der Waals surface area contributed by atoms with Gasteiger partial charge in [0.25, 0.3) is 10.0 Å². The van der Waals surface area contributed by atoms with Crippen molar-refractivity contribution in [3.63, 3.8) is 0 Å². The first-order valence-corrected chi connectivity index (χ1v) is 9.49. The molecule has 0 aliphatic carbocycles. The molecule has 0 saturated carbocycles. The summed E-state index contributed by atoms with van der Waals surface area (Å²) in [5.41, 5.74) is -4.13. The first-order valence-electron chi connectivity index (χ1n) is 8.01. The maximum Gasteiger partial charge on any atom is 0.435 e. The SMILES string of the molecule is O=S(=O)(Nc1ccc(-n2nc(C(F)(F)F)cc2C(F)(F)F)cc1)c1cc(F)cc(F)c1. The lowest BCUT2D eigenvalue weighted by atomic mass is 10.2. The lowest BCUT2D eigenvalue weighted by Crippen LogP contribution is -2.15. The van der Waals surface area contributed by atoms with Crippen LogP contribution < -0.4 is 4.72 Å². The molecule has 0 amide bonds. The Hall–Kier alpha value is -3.16. The Morgan fingerprint density at radius 3 is 1.84 bits per heavy atom. The summed E-state index contributed by atoms with van der Waals surface area (Å²) in [5, 5.41) is 2.94. The van der Waals surface area contributed by atoms with Crippen molar-refractivity contribution in [3.05, 3.63) is 71.6 Å². The molecule has 0 radical (unpaired) electrons. The van der Waals surface area contributed by atoms with Crippen molar-refractivity contribution in [1.29, 1.82) is 0 Å². The van der Waals surface area contributed by atoms with Gasteiger partial charge in [-0.2, -0.15) is 31.4 Å². The molecule has 0 spiro atoms. The van der Waals surface area contributed by atoms with E-state index in [-0.39, 0.29) is 16.4 Å². The molecule has 0 bridgehead atoms. The zero-order valence-corrected chi connectivity index (χ0v) is 15.6. The fraction of sp³-hybridized carbons (Fsp3) is 0.118. The summed E-state index contributed by atoms with van der Waals surface area (Å²) >= 11 is 0. The van der Waals surface area contributed by atoms with Crippen LogP contribution in [-0.2, 0) is 22.4 Å². The second-order valence-electron chi connectivity index (χ2n) is 6.08. The van der Waals surface area contributed by atoms with Crippen LogP contribution in [0.1, 0.15) is 11.4 Å². The number of halogens is 8. The van der Waals surface area contributed by atoms with E-state index in [1.165, 1.54) is 0 Å². The maximum absolute atomic E-state index is 13.2. The fourth-order valence-electron chi connectivity index (χ4n) is 2.49. The standard InChI is InChI=1S/C17H9F8N3O2S/c18-9-5-10(19)7-13(6-9)31(29,30)27-11-1-3-12(4-2-11)28-15(17(23,24)25)8-14(26-28)16(20,21)22/h1-8,27H. The molecule has 1 aromatic heterocycles. The minimum Gasteiger partial charge on any atom is -0.280 e. The molecule has 0 atom stereocenters. The average molecular weight is 471 g/mol. The van der Waals surface area contributed by atoms with Crippen molar-refractivity contribution in [1.82, 2.24) is 9.78 Å². The number of benzene rings is 2. The summed E-state index contributed by atoms with van der Waals surface area (Å²) in [5.74, 6) is -2.32. The monoisotopic (exact) mass is 471 g/mol. The van der Waals surface area contributed by atoms with Crippen LogP contribution in [0.5, 0.6) is 0 Å². The molecule has 166 valence electrons. The predicted octanol–water partition coefficient (Wildman–Crippen LogP) is 4.99. The van der Waals surface area contributed by atoms with Crippen molar-refractivity contribution in [2.24, 2.45) is 0 Å². The van der Waals surface area contributed by atoms with Crippen LogP contribution in [0, 0.1) is 11.6 Å². The second-order valence-corrected chi connectivity index (χ2v) is 7.76. The maximum atomic E-state index is 13.2. The van der Waals surface area contributed by atoms with Gasteiger partial charge in [0.2, 0.25) is 0 Å². The number of hydrogen-bond acceptors (Lipinski definition) is 3. The van der Waals surface area contributed by atoms with Gasteiger partial charge in [-0.1, -0.05) is 0 Å². The van der Waals surface area contributed by atoms with E-state index in [1.807, 2.05) is 4.72 Å². The predicted molar refractivity (Wildman–Crippen MR) is 90.7 cm³/mol. The number of alkyl halides is 6. The highest BCUT2D eigenvalue weighted by Gasteiger charge is 2.42. The highest BCUT2D eigenvalue weighted by Crippen LogP contribution is 2.36. The highest BCUT2D eigenvalue weighted by atomic mass is 32.2. The van der Waals surface area contributed by atoms with Crippen LogP contribution in [0.3, 0.4) is 0 Å². The third-order valence-electron chi connectivity index (χ3n) is 3.80. The molecule has 2 aromatic carbocycles. The summed E-state index contributed by atoms with van der Waals surface area (Å²) in [4.78, 5) is -0.754. The lowest BCUT2D eigenvalue weighted by molar-refractivity contribution is -0.143. The molecule has 1 heterocycles. The Morgan fingerprint density at radius 1 is 0.806 bits per heavy atom. The molecule has 3 aromatic rings. The summed E-state index contributed by atoms with van der Waals surface area (Å²) in [6.07, 6.45) is -10.3. The smallest absolute Gasteiger partial charge is 0.280 e. The number of sulfonamides is 1. The second kappa shape index (κ2) is 7.51. The Morgan fingerprint density at radius 2 is 1.35 bits per heavy atom.